The SMILES string of the molecule is COCCN1C(=O)C(O)=C(C(=O)c2cc3cc(Cl)cc(OC)c3o2)C1c1ccc(OCc2ccccc2C)cc1. The molecular formula is C31H28ClNO7. The first-order valence-electron chi connectivity index (χ1n) is 12.6. The van der Waals surface area contributed by atoms with Gasteiger partial charge >= 0.3 is 0 Å². The number of ether oxygens (including phenoxy) is 3. The van der Waals surface area contributed by atoms with Crippen molar-refractivity contribution in [3.8, 4) is 11.5 Å². The minimum absolute atomic E-state index is 0.0540. The van der Waals surface area contributed by atoms with E-state index in [9.17, 15) is 14.7 Å². The van der Waals surface area contributed by atoms with E-state index in [-0.39, 0.29) is 24.5 Å². The number of halogens is 1. The molecule has 9 heteroatoms. The number of carbonyl (C=O) groups is 2. The van der Waals surface area contributed by atoms with E-state index in [2.05, 4.69) is 0 Å². The molecule has 1 amide bonds. The van der Waals surface area contributed by atoms with Crippen LogP contribution in [-0.4, -0.2) is 49.1 Å². The topological polar surface area (TPSA) is 98.4 Å². The molecule has 5 rings (SSSR count). The fraction of sp³-hybridized carbons (Fsp3) is 0.226. The van der Waals surface area contributed by atoms with Crippen LogP contribution in [0.5, 0.6) is 11.5 Å². The van der Waals surface area contributed by atoms with Crippen LogP contribution in [-0.2, 0) is 16.1 Å². The summed E-state index contributed by atoms with van der Waals surface area (Å²) in [6.07, 6.45) is 0. The fourth-order valence-electron chi connectivity index (χ4n) is 4.81. The van der Waals surface area contributed by atoms with Crippen molar-refractivity contribution >= 4 is 34.3 Å². The maximum absolute atomic E-state index is 13.8. The summed E-state index contributed by atoms with van der Waals surface area (Å²) < 4.78 is 22.4. The van der Waals surface area contributed by atoms with Gasteiger partial charge in [0.15, 0.2) is 22.9 Å². The molecule has 206 valence electrons. The lowest BCUT2D eigenvalue weighted by molar-refractivity contribution is -0.130. The number of Topliss-reactive ketones (excluding diaryl/α,β-unsaturated/α-hetero) is 1. The summed E-state index contributed by atoms with van der Waals surface area (Å²) in [5.74, 6) is -0.978. The number of furan rings is 1. The third kappa shape index (κ3) is 5.15. The van der Waals surface area contributed by atoms with Gasteiger partial charge in [-0.25, -0.2) is 0 Å². The summed E-state index contributed by atoms with van der Waals surface area (Å²) in [6.45, 7) is 2.81. The van der Waals surface area contributed by atoms with Crippen molar-refractivity contribution in [1.82, 2.24) is 4.90 Å². The zero-order valence-electron chi connectivity index (χ0n) is 22.3. The van der Waals surface area contributed by atoms with Crippen molar-refractivity contribution in [3.63, 3.8) is 0 Å². The summed E-state index contributed by atoms with van der Waals surface area (Å²) in [7, 11) is 2.99. The van der Waals surface area contributed by atoms with E-state index in [1.54, 1.807) is 36.4 Å². The Morgan fingerprint density at radius 1 is 1.07 bits per heavy atom. The minimum atomic E-state index is -0.862. The Bertz CT molecular complexity index is 1610. The van der Waals surface area contributed by atoms with Crippen molar-refractivity contribution in [2.75, 3.05) is 27.4 Å². The monoisotopic (exact) mass is 561 g/mol. The highest BCUT2D eigenvalue weighted by Crippen LogP contribution is 2.41. The standard InChI is InChI=1S/C31H28ClNO7/c1-18-6-4-5-7-20(18)17-39-23-10-8-19(9-11-23)27-26(29(35)31(36)33(27)12-13-37-2)28(34)24-15-21-14-22(32)16-25(38-3)30(21)40-24/h4-11,14-16,27,35H,12-13,17H2,1-3H3. The number of benzene rings is 3. The third-order valence-electron chi connectivity index (χ3n) is 6.93. The molecule has 1 aromatic heterocycles. The van der Waals surface area contributed by atoms with Crippen LogP contribution in [0.15, 0.2) is 82.5 Å². The zero-order valence-corrected chi connectivity index (χ0v) is 23.0. The second-order valence-electron chi connectivity index (χ2n) is 9.41. The van der Waals surface area contributed by atoms with Gasteiger partial charge in [-0.1, -0.05) is 48.0 Å². The molecule has 0 aliphatic carbocycles. The Hall–Kier alpha value is -4.27. The molecule has 0 spiro atoms. The van der Waals surface area contributed by atoms with Gasteiger partial charge in [-0.05, 0) is 47.9 Å². The number of carbonyl (C=O) groups excluding carboxylic acids is 2. The van der Waals surface area contributed by atoms with Crippen LogP contribution >= 0.6 is 11.6 Å². The molecule has 1 unspecified atom stereocenters. The first kappa shape index (κ1) is 27.3. The molecular weight excluding hydrogens is 534 g/mol. The number of methoxy groups -OCH3 is 2. The van der Waals surface area contributed by atoms with Crippen molar-refractivity contribution in [2.24, 2.45) is 0 Å². The van der Waals surface area contributed by atoms with Gasteiger partial charge in [-0.3, -0.25) is 9.59 Å². The number of aliphatic hydroxyl groups is 1. The molecule has 0 saturated heterocycles. The van der Waals surface area contributed by atoms with Crippen molar-refractivity contribution in [3.05, 3.63) is 106 Å². The smallest absolute Gasteiger partial charge is 0.290 e. The molecule has 0 fully saturated rings. The van der Waals surface area contributed by atoms with Crippen molar-refractivity contribution in [1.29, 1.82) is 0 Å². The molecule has 40 heavy (non-hydrogen) atoms. The number of ketones is 1. The average Bonchev–Trinajstić information content (AvgIpc) is 3.49. The molecule has 0 radical (unpaired) electrons. The summed E-state index contributed by atoms with van der Waals surface area (Å²) in [5.41, 5.74) is 3.08. The Balaban J connectivity index is 1.48. The number of amides is 1. The number of aliphatic hydroxyl groups excluding tert-OH is 1. The number of nitrogens with zero attached hydrogens (tertiary/aromatic N) is 1. The molecule has 3 aromatic carbocycles. The molecule has 8 nitrogen and oxygen atoms in total. The van der Waals surface area contributed by atoms with Crippen LogP contribution in [0.1, 0.15) is 33.3 Å². The second-order valence-corrected chi connectivity index (χ2v) is 9.84. The molecule has 0 saturated carbocycles. The molecule has 1 aliphatic heterocycles. The second kappa shape index (κ2) is 11.5. The Kier molecular flexibility index (Phi) is 7.82. The Labute approximate surface area is 236 Å². The molecule has 4 aromatic rings. The number of rotatable bonds is 10. The van der Waals surface area contributed by atoms with Crippen molar-refractivity contribution in [2.45, 2.75) is 19.6 Å². The van der Waals surface area contributed by atoms with E-state index in [1.165, 1.54) is 25.2 Å². The Morgan fingerprint density at radius 2 is 1.82 bits per heavy atom. The van der Waals surface area contributed by atoms with E-state index < -0.39 is 23.5 Å². The predicted molar refractivity (Wildman–Crippen MR) is 150 cm³/mol. The van der Waals surface area contributed by atoms with Crippen LogP contribution < -0.4 is 9.47 Å². The summed E-state index contributed by atoms with van der Waals surface area (Å²) >= 11 is 6.18. The van der Waals surface area contributed by atoms with Crippen molar-refractivity contribution < 1.29 is 33.3 Å². The number of hydrogen-bond acceptors (Lipinski definition) is 7. The normalized spacial score (nSPS) is 15.2. The van der Waals surface area contributed by atoms with Crippen LogP contribution in [0.2, 0.25) is 5.02 Å². The highest BCUT2D eigenvalue weighted by molar-refractivity contribution is 6.31. The van der Waals surface area contributed by atoms with Crippen LogP contribution in [0, 0.1) is 6.92 Å². The first-order valence-corrected chi connectivity index (χ1v) is 13.0. The molecule has 1 atom stereocenters. The van der Waals surface area contributed by atoms with Gasteiger partial charge in [0.2, 0.25) is 5.78 Å². The largest absolute Gasteiger partial charge is 0.503 e. The van der Waals surface area contributed by atoms with E-state index in [4.69, 9.17) is 30.2 Å². The maximum atomic E-state index is 13.8. The quantitative estimate of drug-likeness (QED) is 0.230. The average molecular weight is 562 g/mol. The van der Waals surface area contributed by atoms with Gasteiger partial charge in [0.05, 0.1) is 25.3 Å². The molecule has 1 N–H and O–H groups in total. The van der Waals surface area contributed by atoms with E-state index in [0.29, 0.717) is 39.7 Å². The van der Waals surface area contributed by atoms with Gasteiger partial charge in [0.25, 0.3) is 5.91 Å². The summed E-state index contributed by atoms with van der Waals surface area (Å²) in [6, 6.07) is 19.0. The van der Waals surface area contributed by atoms with E-state index >= 15 is 0 Å². The highest BCUT2D eigenvalue weighted by Gasteiger charge is 2.44. The molecule has 1 aliphatic rings. The highest BCUT2D eigenvalue weighted by atomic mass is 35.5. The number of fused-ring (bicyclic) bond motifs is 1. The Morgan fingerprint density at radius 3 is 2.52 bits per heavy atom. The summed E-state index contributed by atoms with van der Waals surface area (Å²) in [4.78, 5) is 28.3. The third-order valence-corrected chi connectivity index (χ3v) is 7.14. The maximum Gasteiger partial charge on any atom is 0.290 e. The van der Waals surface area contributed by atoms with Gasteiger partial charge in [0.1, 0.15) is 12.4 Å². The molecule has 0 bridgehead atoms. The summed E-state index contributed by atoms with van der Waals surface area (Å²) in [5, 5.41) is 11.9. The fourth-order valence-corrected chi connectivity index (χ4v) is 5.03. The predicted octanol–water partition coefficient (Wildman–Crippen LogP) is 6.21. The van der Waals surface area contributed by atoms with Crippen LogP contribution in [0.25, 0.3) is 11.0 Å². The lowest BCUT2D eigenvalue weighted by atomic mass is 9.95. The first-order chi connectivity index (χ1) is 19.3. The zero-order chi connectivity index (χ0) is 28.4. The van der Waals surface area contributed by atoms with Gasteiger partial charge in [-0.15, -0.1) is 0 Å². The lowest BCUT2D eigenvalue weighted by Gasteiger charge is -2.26. The van der Waals surface area contributed by atoms with Gasteiger partial charge < -0.3 is 28.6 Å². The minimum Gasteiger partial charge on any atom is -0.503 e. The lowest BCUT2D eigenvalue weighted by Crippen LogP contribution is -2.34. The van der Waals surface area contributed by atoms with Gasteiger partial charge in [-0.2, -0.15) is 0 Å². The van der Waals surface area contributed by atoms with Crippen LogP contribution in [0.4, 0.5) is 0 Å². The van der Waals surface area contributed by atoms with E-state index in [0.717, 1.165) is 11.1 Å². The van der Waals surface area contributed by atoms with E-state index in [1.807, 2.05) is 31.2 Å². The van der Waals surface area contributed by atoms with Gasteiger partial charge in [0, 0.05) is 30.1 Å². The van der Waals surface area contributed by atoms with Crippen LogP contribution in [0.3, 0.4) is 0 Å². The number of aryl methyl sites for hydroxylation is 1. The number of hydrogen-bond donors (Lipinski definition) is 1. The molecule has 2 heterocycles.